The second-order valence-corrected chi connectivity index (χ2v) is 2.98. The average molecular weight is 247 g/mol. The minimum Gasteiger partial charge on any atom is -0.506 e. The highest BCUT2D eigenvalue weighted by atomic mass is 19.4. The van der Waals surface area contributed by atoms with E-state index in [-0.39, 0.29) is 17.8 Å². The molecule has 3 N–H and O–H groups in total. The fraction of sp³-hybridized carbons (Fsp3) is 0.333. The molecule has 0 bridgehead atoms. The van der Waals surface area contributed by atoms with Gasteiger partial charge in [-0.3, -0.25) is 4.98 Å². The Morgan fingerprint density at radius 1 is 1.53 bits per heavy atom. The van der Waals surface area contributed by atoms with Gasteiger partial charge in [-0.15, -0.1) is 13.2 Å². The van der Waals surface area contributed by atoms with Crippen LogP contribution in [0.3, 0.4) is 0 Å². The first-order valence-electron chi connectivity index (χ1n) is 4.41. The number of halogens is 3. The number of ether oxygens (including phenoxy) is 1. The van der Waals surface area contributed by atoms with E-state index >= 15 is 0 Å². The Morgan fingerprint density at radius 2 is 2.18 bits per heavy atom. The summed E-state index contributed by atoms with van der Waals surface area (Å²) in [5.74, 6) is -1.25. The highest BCUT2D eigenvalue weighted by Crippen LogP contribution is 2.33. The van der Waals surface area contributed by atoms with Gasteiger partial charge in [0, 0.05) is 6.54 Å². The maximum Gasteiger partial charge on any atom is 0.573 e. The molecular weight excluding hydrogens is 239 g/mol. The minimum absolute atomic E-state index is 0.00442. The van der Waals surface area contributed by atoms with Crippen molar-refractivity contribution in [3.05, 3.63) is 17.5 Å². The molecule has 1 aromatic rings. The molecule has 0 aromatic carbocycles. The molecule has 0 amide bonds. The molecule has 0 aliphatic carbocycles. The first-order chi connectivity index (χ1) is 7.89. The first kappa shape index (κ1) is 13.1. The van der Waals surface area contributed by atoms with Gasteiger partial charge >= 0.3 is 6.36 Å². The van der Waals surface area contributed by atoms with Crippen molar-refractivity contribution < 1.29 is 23.0 Å². The lowest BCUT2D eigenvalue weighted by Gasteiger charge is -2.13. The van der Waals surface area contributed by atoms with E-state index in [1.165, 1.54) is 0 Å². The van der Waals surface area contributed by atoms with E-state index in [1.54, 1.807) is 6.07 Å². The summed E-state index contributed by atoms with van der Waals surface area (Å²) in [6.45, 7) is -0.156. The summed E-state index contributed by atoms with van der Waals surface area (Å²) in [6.07, 6.45) is -4.57. The zero-order valence-corrected chi connectivity index (χ0v) is 8.45. The van der Waals surface area contributed by atoms with Crippen molar-refractivity contribution in [3.63, 3.8) is 0 Å². The molecule has 0 radical (unpaired) electrons. The van der Waals surface area contributed by atoms with Gasteiger partial charge < -0.3 is 15.6 Å². The fourth-order valence-electron chi connectivity index (χ4n) is 1.18. The van der Waals surface area contributed by atoms with E-state index in [2.05, 4.69) is 9.72 Å². The van der Waals surface area contributed by atoms with Crippen LogP contribution in [-0.4, -0.2) is 16.5 Å². The Bertz CT molecular complexity index is 454. The van der Waals surface area contributed by atoms with Crippen molar-refractivity contribution in [2.75, 3.05) is 0 Å². The van der Waals surface area contributed by atoms with Crippen molar-refractivity contribution >= 4 is 0 Å². The van der Waals surface area contributed by atoms with E-state index in [4.69, 9.17) is 11.0 Å². The molecule has 1 aromatic heterocycles. The topological polar surface area (TPSA) is 92.2 Å². The molecule has 0 spiro atoms. The van der Waals surface area contributed by atoms with E-state index in [0.29, 0.717) is 0 Å². The summed E-state index contributed by atoms with van der Waals surface area (Å²) in [7, 11) is 0. The SMILES string of the molecule is N#CCc1c(OC(F)(F)F)cnc(CN)c1O. The van der Waals surface area contributed by atoms with Gasteiger partial charge in [-0.1, -0.05) is 0 Å². The summed E-state index contributed by atoms with van der Waals surface area (Å²) < 4.78 is 39.8. The van der Waals surface area contributed by atoms with Crippen LogP contribution in [0, 0.1) is 11.3 Å². The molecule has 0 saturated carbocycles. The molecule has 92 valence electrons. The van der Waals surface area contributed by atoms with Crippen LogP contribution in [0.15, 0.2) is 6.20 Å². The second kappa shape index (κ2) is 4.88. The molecule has 0 atom stereocenters. The second-order valence-electron chi connectivity index (χ2n) is 2.98. The fourth-order valence-corrected chi connectivity index (χ4v) is 1.18. The zero-order chi connectivity index (χ0) is 13.1. The molecule has 0 saturated heterocycles. The van der Waals surface area contributed by atoms with Crippen molar-refractivity contribution in [2.45, 2.75) is 19.3 Å². The number of rotatable bonds is 3. The Morgan fingerprint density at radius 3 is 2.65 bits per heavy atom. The van der Waals surface area contributed by atoms with Crippen LogP contribution < -0.4 is 10.5 Å². The summed E-state index contributed by atoms with van der Waals surface area (Å²) >= 11 is 0. The molecular formula is C9H8F3N3O2. The lowest BCUT2D eigenvalue weighted by Crippen LogP contribution is -2.18. The van der Waals surface area contributed by atoms with Crippen LogP contribution in [0.5, 0.6) is 11.5 Å². The highest BCUT2D eigenvalue weighted by molar-refractivity contribution is 5.46. The quantitative estimate of drug-likeness (QED) is 0.837. The van der Waals surface area contributed by atoms with Crippen molar-refractivity contribution in [1.29, 1.82) is 5.26 Å². The molecule has 0 aliphatic heterocycles. The lowest BCUT2D eigenvalue weighted by molar-refractivity contribution is -0.275. The van der Waals surface area contributed by atoms with Gasteiger partial charge in [-0.25, -0.2) is 0 Å². The van der Waals surface area contributed by atoms with Gasteiger partial charge in [0.25, 0.3) is 0 Å². The highest BCUT2D eigenvalue weighted by Gasteiger charge is 2.33. The Balaban J connectivity index is 3.22. The van der Waals surface area contributed by atoms with Gasteiger partial charge in [0.05, 0.1) is 29.9 Å². The van der Waals surface area contributed by atoms with E-state index in [9.17, 15) is 18.3 Å². The van der Waals surface area contributed by atoms with Crippen molar-refractivity contribution in [1.82, 2.24) is 4.98 Å². The number of hydrogen-bond donors (Lipinski definition) is 2. The number of nitrogens with two attached hydrogens (primary N) is 1. The zero-order valence-electron chi connectivity index (χ0n) is 8.45. The molecule has 17 heavy (non-hydrogen) atoms. The van der Waals surface area contributed by atoms with Crippen molar-refractivity contribution in [3.8, 4) is 17.6 Å². The molecule has 5 nitrogen and oxygen atoms in total. The third-order valence-corrected chi connectivity index (χ3v) is 1.87. The first-order valence-corrected chi connectivity index (χ1v) is 4.41. The van der Waals surface area contributed by atoms with Crippen LogP contribution in [0.25, 0.3) is 0 Å². The van der Waals surface area contributed by atoms with E-state index in [0.717, 1.165) is 6.20 Å². The third kappa shape index (κ3) is 3.22. The summed E-state index contributed by atoms with van der Waals surface area (Å²) in [5.41, 5.74) is 4.95. The maximum absolute atomic E-state index is 12.0. The standard InChI is InChI=1S/C9H8F3N3O2/c10-9(11,12)17-7-4-15-6(3-14)8(16)5(7)1-2-13/h4,16H,1,3,14H2. The summed E-state index contributed by atoms with van der Waals surface area (Å²) in [4.78, 5) is 3.51. The molecule has 1 heterocycles. The van der Waals surface area contributed by atoms with E-state index < -0.39 is 24.3 Å². The van der Waals surface area contributed by atoms with Gasteiger partial charge in [-0.05, 0) is 0 Å². The normalized spacial score (nSPS) is 11.0. The van der Waals surface area contributed by atoms with Crippen LogP contribution in [0.4, 0.5) is 13.2 Å². The van der Waals surface area contributed by atoms with Crippen LogP contribution in [0.1, 0.15) is 11.3 Å². The van der Waals surface area contributed by atoms with Crippen LogP contribution >= 0.6 is 0 Å². The summed E-state index contributed by atoms with van der Waals surface area (Å²) in [6, 6.07) is 1.63. The van der Waals surface area contributed by atoms with Gasteiger partial charge in [0.1, 0.15) is 5.75 Å². The number of pyridine rings is 1. The predicted molar refractivity (Wildman–Crippen MR) is 49.8 cm³/mol. The van der Waals surface area contributed by atoms with Gasteiger partial charge in [-0.2, -0.15) is 5.26 Å². The molecule has 0 unspecified atom stereocenters. The number of aromatic hydroxyl groups is 1. The monoisotopic (exact) mass is 247 g/mol. The number of hydrogen-bond acceptors (Lipinski definition) is 5. The van der Waals surface area contributed by atoms with Gasteiger partial charge in [0.2, 0.25) is 0 Å². The number of aromatic nitrogens is 1. The van der Waals surface area contributed by atoms with E-state index in [1.807, 2.05) is 0 Å². The maximum atomic E-state index is 12.0. The average Bonchev–Trinajstić information content (AvgIpc) is 2.22. The number of nitriles is 1. The summed E-state index contributed by atoms with van der Waals surface area (Å²) in [5, 5.41) is 18.0. The van der Waals surface area contributed by atoms with Crippen LogP contribution in [-0.2, 0) is 13.0 Å². The predicted octanol–water partition coefficient (Wildman–Crippen LogP) is 1.21. The van der Waals surface area contributed by atoms with Crippen LogP contribution in [0.2, 0.25) is 0 Å². The minimum atomic E-state index is -4.91. The third-order valence-electron chi connectivity index (χ3n) is 1.87. The number of alkyl halides is 3. The smallest absolute Gasteiger partial charge is 0.506 e. The Kier molecular flexibility index (Phi) is 3.75. The molecule has 0 fully saturated rings. The lowest BCUT2D eigenvalue weighted by atomic mass is 10.1. The van der Waals surface area contributed by atoms with Crippen molar-refractivity contribution in [2.24, 2.45) is 5.73 Å². The number of nitrogens with zero attached hydrogens (tertiary/aromatic N) is 2. The Hall–Kier alpha value is -2.01. The Labute approximate surface area is 94.2 Å². The molecule has 8 heteroatoms. The van der Waals surface area contributed by atoms with Gasteiger partial charge in [0.15, 0.2) is 5.75 Å². The largest absolute Gasteiger partial charge is 0.573 e. The molecule has 1 rings (SSSR count). The molecule has 0 aliphatic rings.